The van der Waals surface area contributed by atoms with Gasteiger partial charge in [0.05, 0.1) is 0 Å². The minimum absolute atomic E-state index is 0.163. The van der Waals surface area contributed by atoms with Gasteiger partial charge in [0.25, 0.3) is 5.91 Å². The van der Waals surface area contributed by atoms with Gasteiger partial charge in [0.2, 0.25) is 5.91 Å². The highest BCUT2D eigenvalue weighted by molar-refractivity contribution is 8.00. The molecule has 152 valence electrons. The molecule has 3 heterocycles. The third kappa shape index (κ3) is 3.59. The lowest BCUT2D eigenvalue weighted by Crippen LogP contribution is -2.47. The number of aromatic nitrogens is 1. The van der Waals surface area contributed by atoms with E-state index in [-0.39, 0.29) is 17.5 Å². The lowest BCUT2D eigenvalue weighted by atomic mass is 10.0. The van der Waals surface area contributed by atoms with Crippen LogP contribution >= 0.6 is 11.8 Å². The molecule has 0 aliphatic carbocycles. The number of aryl methyl sites for hydroxylation is 1. The number of benzene rings is 1. The Morgan fingerprint density at radius 2 is 2.17 bits per heavy atom. The second kappa shape index (κ2) is 7.51. The van der Waals surface area contributed by atoms with Gasteiger partial charge >= 0.3 is 5.97 Å². The number of esters is 1. The van der Waals surface area contributed by atoms with E-state index in [1.807, 2.05) is 0 Å². The zero-order valence-corrected chi connectivity index (χ0v) is 16.3. The van der Waals surface area contributed by atoms with Crippen LogP contribution in [0.1, 0.15) is 24.2 Å². The topological polar surface area (TPSA) is 102 Å². The second-order valence-corrected chi connectivity index (χ2v) is 8.16. The van der Waals surface area contributed by atoms with Gasteiger partial charge in [-0.1, -0.05) is 17.3 Å². The van der Waals surface area contributed by atoms with Crippen LogP contribution in [0.2, 0.25) is 0 Å². The molecular formula is C19H18FN3O5S. The molecular weight excluding hydrogens is 401 g/mol. The van der Waals surface area contributed by atoms with E-state index in [0.717, 1.165) is 5.56 Å². The van der Waals surface area contributed by atoms with E-state index in [1.54, 1.807) is 19.1 Å². The van der Waals surface area contributed by atoms with Gasteiger partial charge in [-0.05, 0) is 31.0 Å². The van der Waals surface area contributed by atoms with Gasteiger partial charge in [-0.25, -0.2) is 9.18 Å². The SMILES string of the molecule is Cc1cc(NC(=O)COC(=O)C2CSC3(c4ccc(F)cc4)CCC(=O)N23)no1. The molecule has 2 unspecified atom stereocenters. The summed E-state index contributed by atoms with van der Waals surface area (Å²) >= 11 is 1.46. The summed E-state index contributed by atoms with van der Waals surface area (Å²) in [5.41, 5.74) is 0.768. The summed E-state index contributed by atoms with van der Waals surface area (Å²) in [5, 5.41) is 6.09. The number of halogens is 1. The van der Waals surface area contributed by atoms with E-state index < -0.39 is 29.4 Å². The van der Waals surface area contributed by atoms with Crippen LogP contribution in [0.15, 0.2) is 34.9 Å². The fourth-order valence-electron chi connectivity index (χ4n) is 3.66. The highest BCUT2D eigenvalue weighted by Gasteiger charge is 2.57. The van der Waals surface area contributed by atoms with Crippen molar-refractivity contribution < 1.29 is 28.0 Å². The summed E-state index contributed by atoms with van der Waals surface area (Å²) in [6, 6.07) is 6.68. The zero-order valence-electron chi connectivity index (χ0n) is 15.5. The fourth-order valence-corrected chi connectivity index (χ4v) is 5.30. The Morgan fingerprint density at radius 3 is 2.86 bits per heavy atom. The van der Waals surface area contributed by atoms with Crippen molar-refractivity contribution >= 4 is 35.4 Å². The summed E-state index contributed by atoms with van der Waals surface area (Å²) in [4.78, 5) is 37.9. The average molecular weight is 419 g/mol. The molecule has 0 radical (unpaired) electrons. The smallest absolute Gasteiger partial charge is 0.330 e. The molecule has 2 amide bonds. The monoisotopic (exact) mass is 419 g/mol. The van der Waals surface area contributed by atoms with Gasteiger partial charge in [0, 0.05) is 18.2 Å². The molecule has 4 rings (SSSR count). The molecule has 0 bridgehead atoms. The van der Waals surface area contributed by atoms with E-state index in [1.165, 1.54) is 34.9 Å². The Kier molecular flexibility index (Phi) is 5.03. The van der Waals surface area contributed by atoms with Crippen molar-refractivity contribution in [1.82, 2.24) is 10.1 Å². The first-order chi connectivity index (χ1) is 13.9. The Balaban J connectivity index is 1.43. The minimum Gasteiger partial charge on any atom is -0.454 e. The maximum Gasteiger partial charge on any atom is 0.330 e. The second-order valence-electron chi connectivity index (χ2n) is 6.86. The predicted molar refractivity (Wildman–Crippen MR) is 101 cm³/mol. The number of carbonyl (C=O) groups excluding carboxylic acids is 3. The lowest BCUT2D eigenvalue weighted by Gasteiger charge is -2.33. The summed E-state index contributed by atoms with van der Waals surface area (Å²) in [5.74, 6) is -0.642. The standard InChI is InChI=1S/C19H18FN3O5S/c1-11-8-15(22-28-11)21-16(24)9-27-18(26)14-10-29-19(7-6-17(25)23(14)19)12-2-4-13(20)5-3-12/h2-5,8,14H,6-7,9-10H2,1H3,(H,21,22,24). The van der Waals surface area contributed by atoms with Crippen LogP contribution in [-0.2, 0) is 24.0 Å². The molecule has 2 saturated heterocycles. The van der Waals surface area contributed by atoms with Crippen LogP contribution in [0.3, 0.4) is 0 Å². The fraction of sp³-hybridized carbons (Fsp3) is 0.368. The number of hydrogen-bond donors (Lipinski definition) is 1. The first-order valence-electron chi connectivity index (χ1n) is 9.01. The van der Waals surface area contributed by atoms with E-state index in [9.17, 15) is 18.8 Å². The van der Waals surface area contributed by atoms with Gasteiger partial charge in [0.1, 0.15) is 22.5 Å². The molecule has 2 atom stereocenters. The van der Waals surface area contributed by atoms with E-state index in [4.69, 9.17) is 9.26 Å². The van der Waals surface area contributed by atoms with Crippen molar-refractivity contribution in [3.8, 4) is 0 Å². The molecule has 10 heteroatoms. The first kappa shape index (κ1) is 19.4. The first-order valence-corrected chi connectivity index (χ1v) is 9.99. The molecule has 29 heavy (non-hydrogen) atoms. The number of hydrogen-bond acceptors (Lipinski definition) is 7. The van der Waals surface area contributed by atoms with Gasteiger partial charge in [0.15, 0.2) is 12.4 Å². The summed E-state index contributed by atoms with van der Waals surface area (Å²) in [6.45, 7) is 1.18. The number of nitrogens with one attached hydrogen (secondary N) is 1. The largest absolute Gasteiger partial charge is 0.454 e. The number of amides is 2. The van der Waals surface area contributed by atoms with E-state index >= 15 is 0 Å². The van der Waals surface area contributed by atoms with Gasteiger partial charge < -0.3 is 19.5 Å². The maximum absolute atomic E-state index is 13.3. The maximum atomic E-state index is 13.3. The number of rotatable bonds is 5. The van der Waals surface area contributed by atoms with Crippen LogP contribution < -0.4 is 5.32 Å². The number of carbonyl (C=O) groups is 3. The highest BCUT2D eigenvalue weighted by atomic mass is 32.2. The van der Waals surface area contributed by atoms with Gasteiger partial charge in [-0.2, -0.15) is 0 Å². The van der Waals surface area contributed by atoms with Crippen LogP contribution in [0.5, 0.6) is 0 Å². The summed E-state index contributed by atoms with van der Waals surface area (Å²) < 4.78 is 23.3. The number of thioether (sulfide) groups is 1. The average Bonchev–Trinajstić information content (AvgIpc) is 3.37. The quantitative estimate of drug-likeness (QED) is 0.741. The molecule has 0 saturated carbocycles. The number of ether oxygens (including phenoxy) is 1. The lowest BCUT2D eigenvalue weighted by molar-refractivity contribution is -0.155. The normalized spacial score (nSPS) is 23.2. The van der Waals surface area contributed by atoms with Gasteiger partial charge in [-0.3, -0.25) is 9.59 Å². The molecule has 2 aromatic rings. The molecule has 2 aliphatic rings. The Morgan fingerprint density at radius 1 is 1.41 bits per heavy atom. The number of nitrogens with zero attached hydrogens (tertiary/aromatic N) is 2. The van der Waals surface area contributed by atoms with Crippen molar-refractivity contribution in [1.29, 1.82) is 0 Å². The van der Waals surface area contributed by atoms with Gasteiger partial charge in [-0.15, -0.1) is 11.8 Å². The zero-order chi connectivity index (χ0) is 20.6. The Bertz CT molecular complexity index is 963. The van der Waals surface area contributed by atoms with Crippen LogP contribution in [0.4, 0.5) is 10.2 Å². The van der Waals surface area contributed by atoms with Crippen molar-refractivity contribution in [2.45, 2.75) is 30.7 Å². The van der Waals surface area contributed by atoms with Crippen molar-refractivity contribution in [2.75, 3.05) is 17.7 Å². The van der Waals surface area contributed by atoms with Crippen molar-refractivity contribution in [3.05, 3.63) is 47.5 Å². The molecule has 1 aromatic heterocycles. The number of anilines is 1. The summed E-state index contributed by atoms with van der Waals surface area (Å²) in [6.07, 6.45) is 0.818. The van der Waals surface area contributed by atoms with Crippen molar-refractivity contribution in [3.63, 3.8) is 0 Å². The third-order valence-electron chi connectivity index (χ3n) is 4.94. The van der Waals surface area contributed by atoms with Crippen LogP contribution in [0, 0.1) is 12.7 Å². The Hall–Kier alpha value is -2.88. The van der Waals surface area contributed by atoms with Crippen LogP contribution in [0.25, 0.3) is 0 Å². The van der Waals surface area contributed by atoms with E-state index in [2.05, 4.69) is 10.5 Å². The molecule has 2 aliphatic heterocycles. The Labute approximate surface area is 169 Å². The van der Waals surface area contributed by atoms with Crippen molar-refractivity contribution in [2.24, 2.45) is 0 Å². The molecule has 1 N–H and O–H groups in total. The molecule has 8 nitrogen and oxygen atoms in total. The summed E-state index contributed by atoms with van der Waals surface area (Å²) in [7, 11) is 0. The minimum atomic E-state index is -0.804. The third-order valence-corrected chi connectivity index (χ3v) is 6.53. The molecule has 2 fully saturated rings. The molecule has 0 spiro atoms. The van der Waals surface area contributed by atoms with Crippen LogP contribution in [-0.4, -0.2) is 46.2 Å². The highest BCUT2D eigenvalue weighted by Crippen LogP contribution is 2.54. The predicted octanol–water partition coefficient (Wildman–Crippen LogP) is 2.19. The number of fused-ring (bicyclic) bond motifs is 1. The van der Waals surface area contributed by atoms with E-state index in [0.29, 0.717) is 24.4 Å². The molecule has 1 aromatic carbocycles.